The van der Waals surface area contributed by atoms with E-state index in [0.717, 1.165) is 0 Å². The van der Waals surface area contributed by atoms with Gasteiger partial charge in [0.15, 0.2) is 5.82 Å². The maximum absolute atomic E-state index is 11.0. The first kappa shape index (κ1) is 11.5. The third kappa shape index (κ3) is 3.26. The largest absolute Gasteiger partial charge is 0.393 e. The Morgan fingerprint density at radius 2 is 2.27 bits per heavy atom. The monoisotopic (exact) mass is 211 g/mol. The Kier molecular flexibility index (Phi) is 4.14. The molecule has 1 aromatic heterocycles. The van der Waals surface area contributed by atoms with E-state index in [1.807, 2.05) is 0 Å². The van der Waals surface area contributed by atoms with Gasteiger partial charge < -0.3 is 15.5 Å². The minimum absolute atomic E-state index is 0.153. The Morgan fingerprint density at radius 3 is 2.73 bits per heavy atom. The molecule has 6 heteroatoms. The highest BCUT2D eigenvalue weighted by Gasteiger charge is 2.08. The van der Waals surface area contributed by atoms with Crippen molar-refractivity contribution in [3.05, 3.63) is 18.1 Å². The number of carbonyl (C=O) groups excluding carboxylic acids is 1. The molecule has 0 saturated carbocycles. The van der Waals surface area contributed by atoms with Crippen molar-refractivity contribution in [2.75, 3.05) is 11.9 Å². The molecule has 0 radical (unpaired) electrons. The van der Waals surface area contributed by atoms with Gasteiger partial charge in [0.2, 0.25) is 5.91 Å². The number of hydrogen-bond donors (Lipinski definition) is 3. The van der Waals surface area contributed by atoms with Crippen molar-refractivity contribution in [2.45, 2.75) is 19.4 Å². The summed E-state index contributed by atoms with van der Waals surface area (Å²) in [5.41, 5.74) is 0.270. The van der Waals surface area contributed by atoms with Crippen LogP contribution in [0.1, 0.15) is 25.1 Å². The molecule has 1 atom stereocenters. The first-order chi connectivity index (χ1) is 7.17. The summed E-state index contributed by atoms with van der Waals surface area (Å²) in [5, 5.41) is 20.4. The van der Waals surface area contributed by atoms with E-state index in [9.17, 15) is 9.90 Å². The molecule has 0 fully saturated rings. The van der Waals surface area contributed by atoms with Crippen molar-refractivity contribution in [3.63, 3.8) is 0 Å². The molecule has 1 heterocycles. The van der Waals surface area contributed by atoms with Crippen molar-refractivity contribution < 1.29 is 15.0 Å². The maximum atomic E-state index is 11.0. The Labute approximate surface area is 87.0 Å². The quantitative estimate of drug-likeness (QED) is 0.643. The number of nitrogens with one attached hydrogen (secondary N) is 1. The summed E-state index contributed by atoms with van der Waals surface area (Å²) < 4.78 is 0. The minimum atomic E-state index is -1.03. The zero-order chi connectivity index (χ0) is 11.3. The molecule has 0 aliphatic carbocycles. The minimum Gasteiger partial charge on any atom is -0.393 e. The fourth-order valence-corrected chi connectivity index (χ4v) is 0.899. The van der Waals surface area contributed by atoms with Crippen LogP contribution in [0.15, 0.2) is 12.4 Å². The molecule has 6 nitrogen and oxygen atoms in total. The van der Waals surface area contributed by atoms with E-state index in [0.29, 0.717) is 12.2 Å². The van der Waals surface area contributed by atoms with Crippen molar-refractivity contribution in [1.82, 2.24) is 9.97 Å². The lowest BCUT2D eigenvalue weighted by Crippen LogP contribution is -2.12. The van der Waals surface area contributed by atoms with Crippen LogP contribution in [0, 0.1) is 0 Å². The number of aliphatic hydroxyl groups excluding tert-OH is 2. The van der Waals surface area contributed by atoms with E-state index in [1.54, 1.807) is 6.92 Å². The highest BCUT2D eigenvalue weighted by atomic mass is 16.3. The molecule has 0 aliphatic rings. The molecular formula is C9H13N3O3. The van der Waals surface area contributed by atoms with Crippen LogP contribution < -0.4 is 5.32 Å². The summed E-state index contributed by atoms with van der Waals surface area (Å²) in [4.78, 5) is 18.7. The smallest absolute Gasteiger partial charge is 0.225 e. The van der Waals surface area contributed by atoms with Crippen LogP contribution >= 0.6 is 0 Å². The predicted molar refractivity (Wildman–Crippen MR) is 53.0 cm³/mol. The van der Waals surface area contributed by atoms with Gasteiger partial charge in [0.05, 0.1) is 24.7 Å². The van der Waals surface area contributed by atoms with Crippen molar-refractivity contribution in [1.29, 1.82) is 0 Å². The number of amides is 1. The second-order valence-electron chi connectivity index (χ2n) is 2.93. The second-order valence-corrected chi connectivity index (χ2v) is 2.93. The van der Waals surface area contributed by atoms with E-state index in [1.165, 1.54) is 12.4 Å². The Balaban J connectivity index is 2.68. The molecule has 15 heavy (non-hydrogen) atoms. The molecule has 1 aromatic rings. The van der Waals surface area contributed by atoms with Gasteiger partial charge in [-0.1, -0.05) is 6.92 Å². The van der Waals surface area contributed by atoms with Crippen LogP contribution in [0.25, 0.3) is 0 Å². The van der Waals surface area contributed by atoms with Crippen molar-refractivity contribution in [3.8, 4) is 0 Å². The average Bonchev–Trinajstić information content (AvgIpc) is 2.29. The first-order valence-corrected chi connectivity index (χ1v) is 4.58. The predicted octanol–water partition coefficient (Wildman–Crippen LogP) is -0.149. The fourth-order valence-electron chi connectivity index (χ4n) is 0.899. The summed E-state index contributed by atoms with van der Waals surface area (Å²) in [6, 6.07) is 0. The number of aromatic nitrogens is 2. The summed E-state index contributed by atoms with van der Waals surface area (Å²) in [5.74, 6) is 0.176. The van der Waals surface area contributed by atoms with Crippen LogP contribution in [0.4, 0.5) is 5.82 Å². The molecule has 0 unspecified atom stereocenters. The maximum Gasteiger partial charge on any atom is 0.225 e. The van der Waals surface area contributed by atoms with Gasteiger partial charge in [-0.25, -0.2) is 4.98 Å². The number of aliphatic hydroxyl groups is 2. The molecule has 1 amide bonds. The Morgan fingerprint density at radius 1 is 1.53 bits per heavy atom. The molecule has 1 rings (SSSR count). The molecule has 0 aromatic carbocycles. The third-order valence-corrected chi connectivity index (χ3v) is 1.77. The highest BCUT2D eigenvalue weighted by Crippen LogP contribution is 2.09. The molecular weight excluding hydrogens is 198 g/mol. The van der Waals surface area contributed by atoms with Gasteiger partial charge in [-0.05, 0) is 0 Å². The highest BCUT2D eigenvalue weighted by molar-refractivity contribution is 5.89. The van der Waals surface area contributed by atoms with Gasteiger partial charge in [-0.15, -0.1) is 0 Å². The number of hydrogen-bond acceptors (Lipinski definition) is 5. The van der Waals surface area contributed by atoms with Crippen LogP contribution in [-0.4, -0.2) is 32.7 Å². The fraction of sp³-hybridized carbons (Fsp3) is 0.444. The van der Waals surface area contributed by atoms with Gasteiger partial charge in [0.25, 0.3) is 0 Å². The lowest BCUT2D eigenvalue weighted by atomic mass is 10.3. The zero-order valence-corrected chi connectivity index (χ0v) is 8.34. The SMILES string of the molecule is CCC(=O)Nc1cnc([C@@H](O)CO)cn1. The number of rotatable bonds is 4. The van der Waals surface area contributed by atoms with Gasteiger partial charge >= 0.3 is 0 Å². The third-order valence-electron chi connectivity index (χ3n) is 1.77. The van der Waals surface area contributed by atoms with Gasteiger partial charge in [0, 0.05) is 6.42 Å². The lowest BCUT2D eigenvalue weighted by Gasteiger charge is -2.06. The summed E-state index contributed by atoms with van der Waals surface area (Å²) in [6.45, 7) is 1.32. The van der Waals surface area contributed by atoms with Crippen LogP contribution in [0.2, 0.25) is 0 Å². The summed E-state index contributed by atoms with van der Waals surface area (Å²) >= 11 is 0. The Hall–Kier alpha value is -1.53. The normalized spacial score (nSPS) is 12.2. The number of anilines is 1. The number of nitrogens with zero attached hydrogens (tertiary/aromatic N) is 2. The molecule has 0 bridgehead atoms. The van der Waals surface area contributed by atoms with Crippen LogP contribution in [0.5, 0.6) is 0 Å². The van der Waals surface area contributed by atoms with Gasteiger partial charge in [-0.2, -0.15) is 0 Å². The number of carbonyl (C=O) groups is 1. The second kappa shape index (κ2) is 5.38. The van der Waals surface area contributed by atoms with Gasteiger partial charge in [-0.3, -0.25) is 9.78 Å². The zero-order valence-electron chi connectivity index (χ0n) is 8.34. The van der Waals surface area contributed by atoms with E-state index >= 15 is 0 Å². The van der Waals surface area contributed by atoms with E-state index in [4.69, 9.17) is 5.11 Å². The standard InChI is InChI=1S/C9H13N3O3/c1-2-9(15)12-8-4-10-6(3-11-8)7(14)5-13/h3-4,7,13-14H,2,5H2,1H3,(H,11,12,15)/t7-/m0/s1. The molecule has 0 aliphatic heterocycles. The molecule has 0 saturated heterocycles. The topological polar surface area (TPSA) is 95.3 Å². The van der Waals surface area contributed by atoms with Crippen molar-refractivity contribution in [2.24, 2.45) is 0 Å². The van der Waals surface area contributed by atoms with E-state index in [-0.39, 0.29) is 11.6 Å². The molecule has 0 spiro atoms. The first-order valence-electron chi connectivity index (χ1n) is 4.58. The average molecular weight is 211 g/mol. The summed E-state index contributed by atoms with van der Waals surface area (Å²) in [7, 11) is 0. The van der Waals surface area contributed by atoms with Crippen LogP contribution in [-0.2, 0) is 4.79 Å². The molecule has 3 N–H and O–H groups in total. The Bertz CT molecular complexity index is 326. The van der Waals surface area contributed by atoms with Crippen molar-refractivity contribution >= 4 is 11.7 Å². The van der Waals surface area contributed by atoms with E-state index in [2.05, 4.69) is 15.3 Å². The summed E-state index contributed by atoms with van der Waals surface area (Å²) in [6.07, 6.45) is 1.98. The van der Waals surface area contributed by atoms with Gasteiger partial charge in [0.1, 0.15) is 6.10 Å². The molecule has 82 valence electrons. The van der Waals surface area contributed by atoms with E-state index < -0.39 is 12.7 Å². The van der Waals surface area contributed by atoms with Crippen LogP contribution in [0.3, 0.4) is 0 Å². The lowest BCUT2D eigenvalue weighted by molar-refractivity contribution is -0.115.